The Labute approximate surface area is 128 Å². The van der Waals surface area contributed by atoms with Crippen molar-refractivity contribution in [2.24, 2.45) is 5.92 Å². The molecule has 0 aliphatic rings. The van der Waals surface area contributed by atoms with Gasteiger partial charge in [0.05, 0.1) is 0 Å². The van der Waals surface area contributed by atoms with Gasteiger partial charge in [0.1, 0.15) is 6.61 Å². The number of rotatable bonds is 4. The molecule has 0 unspecified atom stereocenters. The van der Waals surface area contributed by atoms with Gasteiger partial charge in [-0.05, 0) is 44.4 Å². The van der Waals surface area contributed by atoms with Crippen LogP contribution in [0, 0.1) is 24.7 Å². The minimum atomic E-state index is -0.178. The quantitative estimate of drug-likeness (QED) is 0.865. The molecule has 1 aromatic rings. The summed E-state index contributed by atoms with van der Waals surface area (Å²) in [6.07, 6.45) is 0. The standard InChI is InChI=1S/C18H25NO2/c1-13(2)12-19(14(3)4)18(21)17-11-16(7-6-10-20)9-8-15(17)5/h8-9,11,13-14,20H,10,12H2,1-5H3. The molecule has 0 radical (unpaired) electrons. The number of aryl methyl sites for hydroxylation is 1. The van der Waals surface area contributed by atoms with Gasteiger partial charge in [-0.1, -0.05) is 31.8 Å². The lowest BCUT2D eigenvalue weighted by Gasteiger charge is -2.29. The van der Waals surface area contributed by atoms with Crippen LogP contribution in [0.2, 0.25) is 0 Å². The van der Waals surface area contributed by atoms with E-state index in [4.69, 9.17) is 5.11 Å². The van der Waals surface area contributed by atoms with Gasteiger partial charge in [0.25, 0.3) is 5.91 Å². The van der Waals surface area contributed by atoms with Crippen LogP contribution in [0.15, 0.2) is 18.2 Å². The Balaban J connectivity index is 3.14. The molecule has 1 amide bonds. The lowest BCUT2D eigenvalue weighted by molar-refractivity contribution is 0.0681. The van der Waals surface area contributed by atoms with Crippen molar-refractivity contribution in [3.8, 4) is 11.8 Å². The monoisotopic (exact) mass is 287 g/mol. The molecule has 3 heteroatoms. The second kappa shape index (κ2) is 7.85. The van der Waals surface area contributed by atoms with E-state index in [1.165, 1.54) is 0 Å². The summed E-state index contributed by atoms with van der Waals surface area (Å²) in [5.74, 6) is 5.94. The molecule has 3 nitrogen and oxygen atoms in total. The van der Waals surface area contributed by atoms with Crippen LogP contribution in [0.25, 0.3) is 0 Å². The van der Waals surface area contributed by atoms with Gasteiger partial charge in [0.2, 0.25) is 0 Å². The summed E-state index contributed by atoms with van der Waals surface area (Å²) in [5.41, 5.74) is 2.39. The Morgan fingerprint density at radius 2 is 1.95 bits per heavy atom. The lowest BCUT2D eigenvalue weighted by Crippen LogP contribution is -2.39. The van der Waals surface area contributed by atoms with Crippen molar-refractivity contribution in [2.45, 2.75) is 40.7 Å². The van der Waals surface area contributed by atoms with Crippen LogP contribution < -0.4 is 0 Å². The molecule has 1 aromatic carbocycles. The van der Waals surface area contributed by atoms with E-state index >= 15 is 0 Å². The predicted molar refractivity (Wildman–Crippen MR) is 86.2 cm³/mol. The molecule has 114 valence electrons. The third-order valence-electron chi connectivity index (χ3n) is 3.23. The molecular weight excluding hydrogens is 262 g/mol. The van der Waals surface area contributed by atoms with E-state index < -0.39 is 0 Å². The topological polar surface area (TPSA) is 40.5 Å². The molecule has 0 aromatic heterocycles. The summed E-state index contributed by atoms with van der Waals surface area (Å²) >= 11 is 0. The van der Waals surface area contributed by atoms with E-state index in [1.54, 1.807) is 0 Å². The molecule has 0 atom stereocenters. The van der Waals surface area contributed by atoms with Crippen LogP contribution in [-0.2, 0) is 0 Å². The van der Waals surface area contributed by atoms with Gasteiger partial charge >= 0.3 is 0 Å². The Morgan fingerprint density at radius 3 is 2.48 bits per heavy atom. The minimum absolute atomic E-state index is 0.0452. The summed E-state index contributed by atoms with van der Waals surface area (Å²) in [4.78, 5) is 14.7. The molecule has 0 saturated heterocycles. The summed E-state index contributed by atoms with van der Waals surface area (Å²) in [5, 5.41) is 8.77. The van der Waals surface area contributed by atoms with E-state index in [2.05, 4.69) is 25.7 Å². The average Bonchev–Trinajstić information content (AvgIpc) is 2.42. The Morgan fingerprint density at radius 1 is 1.29 bits per heavy atom. The van der Waals surface area contributed by atoms with Crippen molar-refractivity contribution < 1.29 is 9.90 Å². The smallest absolute Gasteiger partial charge is 0.254 e. The molecule has 0 heterocycles. The van der Waals surface area contributed by atoms with Crippen molar-refractivity contribution >= 4 is 5.91 Å². The van der Waals surface area contributed by atoms with Crippen molar-refractivity contribution in [2.75, 3.05) is 13.2 Å². The third-order valence-corrected chi connectivity index (χ3v) is 3.23. The molecule has 21 heavy (non-hydrogen) atoms. The summed E-state index contributed by atoms with van der Waals surface area (Å²) in [7, 11) is 0. The number of aliphatic hydroxyl groups is 1. The fourth-order valence-electron chi connectivity index (χ4n) is 2.15. The Kier molecular flexibility index (Phi) is 6.45. The second-order valence-electron chi connectivity index (χ2n) is 5.93. The van der Waals surface area contributed by atoms with Crippen molar-refractivity contribution in [3.05, 3.63) is 34.9 Å². The summed E-state index contributed by atoms with van der Waals surface area (Å²) in [6.45, 7) is 10.8. The van der Waals surface area contributed by atoms with Gasteiger partial charge < -0.3 is 10.0 Å². The summed E-state index contributed by atoms with van der Waals surface area (Å²) < 4.78 is 0. The molecule has 0 fully saturated rings. The SMILES string of the molecule is Cc1ccc(C#CCO)cc1C(=O)N(CC(C)C)C(C)C. The lowest BCUT2D eigenvalue weighted by atomic mass is 10.0. The van der Waals surface area contributed by atoms with Gasteiger partial charge in [0.15, 0.2) is 0 Å². The van der Waals surface area contributed by atoms with Crippen LogP contribution in [0.3, 0.4) is 0 Å². The first kappa shape index (κ1) is 17.3. The highest BCUT2D eigenvalue weighted by atomic mass is 16.2. The number of benzene rings is 1. The number of hydrogen-bond acceptors (Lipinski definition) is 2. The van der Waals surface area contributed by atoms with E-state index in [-0.39, 0.29) is 18.6 Å². The van der Waals surface area contributed by atoms with E-state index in [1.807, 2.05) is 43.9 Å². The molecule has 1 N–H and O–H groups in total. The van der Waals surface area contributed by atoms with E-state index in [9.17, 15) is 4.79 Å². The van der Waals surface area contributed by atoms with Gasteiger partial charge in [-0.25, -0.2) is 0 Å². The number of carbonyl (C=O) groups is 1. The molecule has 0 saturated carbocycles. The number of aliphatic hydroxyl groups excluding tert-OH is 1. The fourth-order valence-corrected chi connectivity index (χ4v) is 2.15. The second-order valence-corrected chi connectivity index (χ2v) is 5.93. The van der Waals surface area contributed by atoms with Crippen LogP contribution >= 0.6 is 0 Å². The van der Waals surface area contributed by atoms with Gasteiger partial charge in [-0.2, -0.15) is 0 Å². The number of amides is 1. The van der Waals surface area contributed by atoms with Crippen LogP contribution in [-0.4, -0.2) is 35.1 Å². The zero-order valence-corrected chi connectivity index (χ0v) is 13.6. The number of carbonyl (C=O) groups excluding carboxylic acids is 1. The molecule has 0 spiro atoms. The maximum absolute atomic E-state index is 12.8. The largest absolute Gasteiger partial charge is 0.384 e. The molecule has 1 rings (SSSR count). The zero-order valence-electron chi connectivity index (χ0n) is 13.6. The predicted octanol–water partition coefficient (Wildman–Crippen LogP) is 2.85. The first-order valence-corrected chi connectivity index (χ1v) is 7.38. The molecule has 0 aliphatic heterocycles. The van der Waals surface area contributed by atoms with Crippen molar-refractivity contribution in [1.29, 1.82) is 0 Å². The fraction of sp³-hybridized carbons (Fsp3) is 0.500. The van der Waals surface area contributed by atoms with E-state index in [0.29, 0.717) is 11.5 Å². The number of nitrogens with zero attached hydrogens (tertiary/aromatic N) is 1. The van der Waals surface area contributed by atoms with Gasteiger partial charge in [-0.3, -0.25) is 4.79 Å². The Bertz CT molecular complexity index is 550. The van der Waals surface area contributed by atoms with Crippen LogP contribution in [0.4, 0.5) is 0 Å². The van der Waals surface area contributed by atoms with Crippen molar-refractivity contribution in [3.63, 3.8) is 0 Å². The Hall–Kier alpha value is -1.79. The van der Waals surface area contributed by atoms with Gasteiger partial charge in [-0.15, -0.1) is 0 Å². The average molecular weight is 287 g/mol. The highest BCUT2D eigenvalue weighted by Crippen LogP contribution is 2.16. The molecular formula is C18H25NO2. The summed E-state index contributed by atoms with van der Waals surface area (Å²) in [6, 6.07) is 5.75. The van der Waals surface area contributed by atoms with Gasteiger partial charge in [0, 0.05) is 23.7 Å². The zero-order chi connectivity index (χ0) is 16.0. The van der Waals surface area contributed by atoms with Crippen LogP contribution in [0.1, 0.15) is 49.2 Å². The number of hydrogen-bond donors (Lipinski definition) is 1. The maximum atomic E-state index is 12.8. The first-order valence-electron chi connectivity index (χ1n) is 7.38. The van der Waals surface area contributed by atoms with Crippen LogP contribution in [0.5, 0.6) is 0 Å². The third kappa shape index (κ3) is 4.91. The molecule has 0 bridgehead atoms. The highest BCUT2D eigenvalue weighted by Gasteiger charge is 2.21. The highest BCUT2D eigenvalue weighted by molar-refractivity contribution is 5.96. The normalized spacial score (nSPS) is 10.5. The first-order chi connectivity index (χ1) is 9.86. The molecule has 0 aliphatic carbocycles. The van der Waals surface area contributed by atoms with E-state index in [0.717, 1.165) is 17.7 Å². The van der Waals surface area contributed by atoms with Crippen molar-refractivity contribution in [1.82, 2.24) is 4.90 Å². The minimum Gasteiger partial charge on any atom is -0.384 e. The maximum Gasteiger partial charge on any atom is 0.254 e.